The van der Waals surface area contributed by atoms with Crippen LogP contribution in [0.15, 0.2) is 59.6 Å². The average Bonchev–Trinajstić information content (AvgIpc) is 2.82. The van der Waals surface area contributed by atoms with Gasteiger partial charge in [0.05, 0.1) is 5.54 Å². The molecule has 3 heteroatoms. The molecule has 2 aromatic rings. The van der Waals surface area contributed by atoms with Crippen LogP contribution in [0.5, 0.6) is 0 Å². The van der Waals surface area contributed by atoms with Gasteiger partial charge in [-0.05, 0) is 50.1 Å². The Morgan fingerprint density at radius 1 is 1.00 bits per heavy atom. The minimum Gasteiger partial charge on any atom is -0.399 e. The van der Waals surface area contributed by atoms with Crippen molar-refractivity contribution in [3.8, 4) is 0 Å². The van der Waals surface area contributed by atoms with E-state index >= 15 is 0 Å². The second kappa shape index (κ2) is 5.84. The molecular weight excluding hydrogens is 270 g/mol. The summed E-state index contributed by atoms with van der Waals surface area (Å²) < 4.78 is 0. The Kier molecular flexibility index (Phi) is 3.88. The summed E-state index contributed by atoms with van der Waals surface area (Å²) in [7, 11) is 0. The minimum atomic E-state index is -0.0343. The van der Waals surface area contributed by atoms with Crippen molar-refractivity contribution in [1.82, 2.24) is 0 Å². The standard InChI is InChI=1S/C19H23N3/c1-19(2)14-22(17-11-9-16(20)10-12-17)18(21-19)13-8-15-6-4-3-5-7-15/h3-7,9-12H,8,13-14,20H2,1-2H3. The number of aliphatic imine (C=N–C) groups is 1. The molecule has 2 aromatic carbocycles. The third kappa shape index (κ3) is 3.30. The van der Waals surface area contributed by atoms with Crippen molar-refractivity contribution in [2.24, 2.45) is 4.99 Å². The van der Waals surface area contributed by atoms with Crippen LogP contribution in [0, 0.1) is 0 Å². The van der Waals surface area contributed by atoms with Gasteiger partial charge < -0.3 is 10.6 Å². The summed E-state index contributed by atoms with van der Waals surface area (Å²) in [5.41, 5.74) is 9.09. The smallest absolute Gasteiger partial charge is 0.104 e. The van der Waals surface area contributed by atoms with E-state index in [9.17, 15) is 0 Å². The minimum absolute atomic E-state index is 0.0343. The van der Waals surface area contributed by atoms with E-state index < -0.39 is 0 Å². The van der Waals surface area contributed by atoms with Crippen molar-refractivity contribution in [3.63, 3.8) is 0 Å². The first-order valence-corrected chi connectivity index (χ1v) is 7.79. The number of aryl methyl sites for hydroxylation is 1. The fourth-order valence-electron chi connectivity index (χ4n) is 2.91. The number of nitrogen functional groups attached to an aromatic ring is 1. The van der Waals surface area contributed by atoms with Crippen molar-refractivity contribution in [2.75, 3.05) is 17.2 Å². The summed E-state index contributed by atoms with van der Waals surface area (Å²) in [6.07, 6.45) is 1.97. The third-order valence-corrected chi connectivity index (χ3v) is 3.97. The van der Waals surface area contributed by atoms with E-state index in [4.69, 9.17) is 10.7 Å². The fourth-order valence-corrected chi connectivity index (χ4v) is 2.91. The largest absolute Gasteiger partial charge is 0.399 e. The van der Waals surface area contributed by atoms with Crippen molar-refractivity contribution in [2.45, 2.75) is 32.2 Å². The van der Waals surface area contributed by atoms with Gasteiger partial charge in [-0.15, -0.1) is 0 Å². The molecule has 0 radical (unpaired) electrons. The monoisotopic (exact) mass is 293 g/mol. The number of hydrogen-bond acceptors (Lipinski definition) is 3. The van der Waals surface area contributed by atoms with Gasteiger partial charge >= 0.3 is 0 Å². The van der Waals surface area contributed by atoms with Gasteiger partial charge in [-0.3, -0.25) is 4.99 Å². The second-order valence-electron chi connectivity index (χ2n) is 6.50. The van der Waals surface area contributed by atoms with Crippen molar-refractivity contribution < 1.29 is 0 Å². The molecule has 1 aliphatic rings. The van der Waals surface area contributed by atoms with E-state index in [1.807, 2.05) is 12.1 Å². The van der Waals surface area contributed by atoms with Gasteiger partial charge in [0.15, 0.2) is 0 Å². The molecule has 0 saturated heterocycles. The van der Waals surface area contributed by atoms with Crippen molar-refractivity contribution in [3.05, 3.63) is 60.2 Å². The first-order chi connectivity index (χ1) is 10.5. The van der Waals surface area contributed by atoms with Crippen LogP contribution in [0.3, 0.4) is 0 Å². The lowest BCUT2D eigenvalue weighted by atomic mass is 10.1. The van der Waals surface area contributed by atoms with Crippen LogP contribution < -0.4 is 10.6 Å². The summed E-state index contributed by atoms with van der Waals surface area (Å²) in [4.78, 5) is 7.25. The van der Waals surface area contributed by atoms with Crippen LogP contribution in [0.2, 0.25) is 0 Å². The van der Waals surface area contributed by atoms with Crippen LogP contribution >= 0.6 is 0 Å². The molecule has 2 N–H and O–H groups in total. The first kappa shape index (κ1) is 14.6. The molecule has 3 nitrogen and oxygen atoms in total. The van der Waals surface area contributed by atoms with E-state index in [0.29, 0.717) is 0 Å². The average molecular weight is 293 g/mol. The van der Waals surface area contributed by atoms with Crippen LogP contribution in [0.4, 0.5) is 11.4 Å². The van der Waals surface area contributed by atoms with Crippen molar-refractivity contribution in [1.29, 1.82) is 0 Å². The van der Waals surface area contributed by atoms with Gasteiger partial charge in [0.25, 0.3) is 0 Å². The first-order valence-electron chi connectivity index (χ1n) is 7.79. The predicted octanol–water partition coefficient (Wildman–Crippen LogP) is 3.90. The Hall–Kier alpha value is -2.29. The van der Waals surface area contributed by atoms with Gasteiger partial charge in [0.1, 0.15) is 5.84 Å². The van der Waals surface area contributed by atoms with E-state index in [2.05, 4.69) is 61.2 Å². The summed E-state index contributed by atoms with van der Waals surface area (Å²) >= 11 is 0. The highest BCUT2D eigenvalue weighted by Gasteiger charge is 2.31. The normalized spacial score (nSPS) is 16.6. The molecule has 0 spiro atoms. The van der Waals surface area contributed by atoms with Crippen LogP contribution in [0.25, 0.3) is 0 Å². The Morgan fingerprint density at radius 3 is 2.36 bits per heavy atom. The van der Waals surface area contributed by atoms with E-state index in [1.54, 1.807) is 0 Å². The molecule has 0 bridgehead atoms. The Labute approximate surface area is 132 Å². The summed E-state index contributed by atoms with van der Waals surface area (Å²) in [5, 5.41) is 0. The van der Waals surface area contributed by atoms with E-state index in [-0.39, 0.29) is 5.54 Å². The van der Waals surface area contributed by atoms with Gasteiger partial charge in [0.2, 0.25) is 0 Å². The number of amidine groups is 1. The number of benzene rings is 2. The number of hydrogen-bond donors (Lipinski definition) is 1. The molecular formula is C19H23N3. The molecule has 3 rings (SSSR count). The predicted molar refractivity (Wildman–Crippen MR) is 94.5 cm³/mol. The van der Waals surface area contributed by atoms with Gasteiger partial charge in [-0.25, -0.2) is 0 Å². The van der Waals surface area contributed by atoms with Crippen LogP contribution in [-0.4, -0.2) is 17.9 Å². The molecule has 0 fully saturated rings. The Morgan fingerprint density at radius 2 is 1.68 bits per heavy atom. The van der Waals surface area contributed by atoms with E-state index in [1.165, 1.54) is 17.1 Å². The number of rotatable bonds is 4. The molecule has 0 saturated carbocycles. The van der Waals surface area contributed by atoms with Gasteiger partial charge in [0, 0.05) is 24.3 Å². The highest BCUT2D eigenvalue weighted by atomic mass is 15.3. The summed E-state index contributed by atoms with van der Waals surface area (Å²) in [6.45, 7) is 5.29. The SMILES string of the molecule is CC1(C)CN(c2ccc(N)cc2)C(CCc2ccccc2)=N1. The molecule has 0 atom stereocenters. The third-order valence-electron chi connectivity index (χ3n) is 3.97. The molecule has 1 heterocycles. The van der Waals surface area contributed by atoms with Crippen LogP contribution in [-0.2, 0) is 6.42 Å². The fraction of sp³-hybridized carbons (Fsp3) is 0.316. The quantitative estimate of drug-likeness (QED) is 0.869. The lowest BCUT2D eigenvalue weighted by Gasteiger charge is -2.23. The summed E-state index contributed by atoms with van der Waals surface area (Å²) in [5.74, 6) is 1.17. The number of nitrogens with zero attached hydrogens (tertiary/aromatic N) is 2. The maximum absolute atomic E-state index is 5.80. The molecule has 114 valence electrons. The number of anilines is 2. The van der Waals surface area contributed by atoms with Gasteiger partial charge in [-0.2, -0.15) is 0 Å². The molecule has 0 aromatic heterocycles. The Bertz CT molecular complexity index is 657. The zero-order chi connectivity index (χ0) is 15.6. The molecule has 0 aliphatic carbocycles. The topological polar surface area (TPSA) is 41.6 Å². The maximum atomic E-state index is 5.80. The second-order valence-corrected chi connectivity index (χ2v) is 6.50. The molecule has 0 amide bonds. The lowest BCUT2D eigenvalue weighted by molar-refractivity contribution is 0.564. The van der Waals surface area contributed by atoms with Crippen molar-refractivity contribution >= 4 is 17.2 Å². The highest BCUT2D eigenvalue weighted by molar-refractivity contribution is 6.00. The molecule has 0 unspecified atom stereocenters. The summed E-state index contributed by atoms with van der Waals surface area (Å²) in [6, 6.07) is 18.7. The van der Waals surface area contributed by atoms with Gasteiger partial charge in [-0.1, -0.05) is 30.3 Å². The maximum Gasteiger partial charge on any atom is 0.104 e. The van der Waals surface area contributed by atoms with Crippen LogP contribution in [0.1, 0.15) is 25.8 Å². The van der Waals surface area contributed by atoms with E-state index in [0.717, 1.165) is 25.1 Å². The highest BCUT2D eigenvalue weighted by Crippen LogP contribution is 2.28. The lowest BCUT2D eigenvalue weighted by Crippen LogP contribution is -2.32. The number of nitrogens with two attached hydrogens (primary N) is 1. The molecule has 1 aliphatic heterocycles. The molecule has 22 heavy (non-hydrogen) atoms. The Balaban J connectivity index is 1.78. The zero-order valence-corrected chi connectivity index (χ0v) is 13.3. The zero-order valence-electron chi connectivity index (χ0n) is 13.3.